The van der Waals surface area contributed by atoms with Crippen molar-refractivity contribution in [3.8, 4) is 0 Å². The number of nitrogens with zero attached hydrogens (tertiary/aromatic N) is 1. The quantitative estimate of drug-likeness (QED) is 0.648. The maximum Gasteiger partial charge on any atom is 0.254 e. The van der Waals surface area contributed by atoms with E-state index in [1.807, 2.05) is 19.1 Å². The molecule has 1 fully saturated rings. The number of carbonyl (C=O) groups excluding carboxylic acids is 2. The summed E-state index contributed by atoms with van der Waals surface area (Å²) in [4.78, 5) is 26.2. The molecule has 0 radical (unpaired) electrons. The molecule has 31 heavy (non-hydrogen) atoms. The lowest BCUT2D eigenvalue weighted by atomic mass is 10.2. The number of hydrogen-bond acceptors (Lipinski definition) is 5. The van der Waals surface area contributed by atoms with E-state index in [0.717, 1.165) is 18.4 Å². The van der Waals surface area contributed by atoms with Crippen LogP contribution < -0.4 is 10.0 Å². The Balaban J connectivity index is 1.61. The van der Waals surface area contributed by atoms with E-state index < -0.39 is 15.9 Å². The van der Waals surface area contributed by atoms with E-state index in [1.165, 1.54) is 36.2 Å². The van der Waals surface area contributed by atoms with Gasteiger partial charge in [-0.2, -0.15) is 0 Å². The number of aryl methyl sites for hydroxylation is 1. The third-order valence-electron chi connectivity index (χ3n) is 4.98. The van der Waals surface area contributed by atoms with Gasteiger partial charge < -0.3 is 15.0 Å². The Morgan fingerprint density at radius 2 is 1.90 bits per heavy atom. The third kappa shape index (κ3) is 6.36. The van der Waals surface area contributed by atoms with E-state index in [0.29, 0.717) is 12.3 Å². The summed E-state index contributed by atoms with van der Waals surface area (Å²) in [5.74, 6) is -0.794. The zero-order chi connectivity index (χ0) is 22.4. The fraction of sp³-hybridized carbons (Fsp3) is 0.364. The number of likely N-dealkylation sites (N-methyl/N-ethyl adjacent to an activating group) is 1. The second-order valence-electron chi connectivity index (χ2n) is 7.59. The molecule has 2 aromatic rings. The molecule has 2 N–H and O–H groups in total. The van der Waals surface area contributed by atoms with Crippen LogP contribution in [0.5, 0.6) is 0 Å². The summed E-state index contributed by atoms with van der Waals surface area (Å²) in [5, 5.41) is 2.73. The van der Waals surface area contributed by atoms with Crippen LogP contribution >= 0.6 is 0 Å². The molecule has 1 aliphatic heterocycles. The van der Waals surface area contributed by atoms with Crippen molar-refractivity contribution in [3.05, 3.63) is 59.7 Å². The average Bonchev–Trinajstić information content (AvgIpc) is 3.27. The summed E-state index contributed by atoms with van der Waals surface area (Å²) in [7, 11) is -2.28. The summed E-state index contributed by atoms with van der Waals surface area (Å²) in [6.07, 6.45) is 1.61. The lowest BCUT2D eigenvalue weighted by Gasteiger charge is -2.17. The highest BCUT2D eigenvalue weighted by Crippen LogP contribution is 2.16. The number of sulfonamides is 1. The minimum absolute atomic E-state index is 0.00569. The van der Waals surface area contributed by atoms with Gasteiger partial charge in [-0.25, -0.2) is 13.1 Å². The number of nitrogens with one attached hydrogen (secondary N) is 2. The van der Waals surface area contributed by atoms with Gasteiger partial charge in [-0.1, -0.05) is 23.8 Å². The van der Waals surface area contributed by atoms with Crippen LogP contribution in [-0.4, -0.2) is 58.0 Å². The number of benzene rings is 2. The van der Waals surface area contributed by atoms with Crippen LogP contribution in [0.25, 0.3) is 0 Å². The van der Waals surface area contributed by atoms with Crippen LogP contribution in [0.15, 0.2) is 53.4 Å². The van der Waals surface area contributed by atoms with E-state index in [1.54, 1.807) is 12.1 Å². The van der Waals surface area contributed by atoms with E-state index in [2.05, 4.69) is 10.0 Å². The molecule has 0 bridgehead atoms. The average molecular weight is 446 g/mol. The molecule has 1 saturated heterocycles. The molecule has 0 aliphatic carbocycles. The predicted octanol–water partition coefficient (Wildman–Crippen LogP) is 2.16. The lowest BCUT2D eigenvalue weighted by molar-refractivity contribution is -0.116. The smallest absolute Gasteiger partial charge is 0.254 e. The molecule has 1 aliphatic rings. The molecule has 0 saturated carbocycles. The van der Waals surface area contributed by atoms with Gasteiger partial charge in [-0.05, 0) is 50.1 Å². The highest BCUT2D eigenvalue weighted by Gasteiger charge is 2.22. The summed E-state index contributed by atoms with van der Waals surface area (Å²) in [5.41, 5.74) is 1.90. The second-order valence-corrected chi connectivity index (χ2v) is 9.36. The summed E-state index contributed by atoms with van der Waals surface area (Å²) in [6, 6.07) is 13.1. The zero-order valence-corrected chi connectivity index (χ0v) is 18.4. The van der Waals surface area contributed by atoms with Gasteiger partial charge in [-0.3, -0.25) is 9.59 Å². The fourth-order valence-corrected chi connectivity index (χ4v) is 4.34. The van der Waals surface area contributed by atoms with Crippen molar-refractivity contribution in [2.24, 2.45) is 0 Å². The lowest BCUT2D eigenvalue weighted by Crippen LogP contribution is -2.35. The first-order chi connectivity index (χ1) is 14.7. The van der Waals surface area contributed by atoms with Crippen molar-refractivity contribution in [2.45, 2.75) is 30.8 Å². The number of rotatable bonds is 8. The molecular weight excluding hydrogens is 418 g/mol. The van der Waals surface area contributed by atoms with Crippen molar-refractivity contribution in [3.63, 3.8) is 0 Å². The number of amides is 2. The first-order valence-corrected chi connectivity index (χ1v) is 11.6. The van der Waals surface area contributed by atoms with Crippen molar-refractivity contribution >= 4 is 27.5 Å². The molecule has 166 valence electrons. The molecule has 2 amide bonds. The van der Waals surface area contributed by atoms with Crippen LogP contribution in [0.1, 0.15) is 28.8 Å². The van der Waals surface area contributed by atoms with Crippen molar-refractivity contribution in [1.29, 1.82) is 0 Å². The van der Waals surface area contributed by atoms with Gasteiger partial charge in [0, 0.05) is 31.5 Å². The molecule has 9 heteroatoms. The number of anilines is 1. The predicted molar refractivity (Wildman–Crippen MR) is 117 cm³/mol. The molecule has 1 unspecified atom stereocenters. The van der Waals surface area contributed by atoms with E-state index in [-0.39, 0.29) is 35.6 Å². The minimum Gasteiger partial charge on any atom is -0.377 e. The number of hydrogen-bond donors (Lipinski definition) is 2. The van der Waals surface area contributed by atoms with Gasteiger partial charge in [0.25, 0.3) is 5.91 Å². The van der Waals surface area contributed by atoms with E-state index in [4.69, 9.17) is 4.74 Å². The Morgan fingerprint density at radius 1 is 1.16 bits per heavy atom. The maximum absolute atomic E-state index is 12.7. The second kappa shape index (κ2) is 10.0. The minimum atomic E-state index is -3.78. The highest BCUT2D eigenvalue weighted by molar-refractivity contribution is 7.89. The topological polar surface area (TPSA) is 105 Å². The largest absolute Gasteiger partial charge is 0.377 e. The molecule has 1 heterocycles. The van der Waals surface area contributed by atoms with Gasteiger partial charge in [0.15, 0.2) is 0 Å². The standard InChI is InChI=1S/C22H27N3O5S/c1-16-8-10-18(11-9-16)24-21(26)15-25(2)22(27)17-5-3-7-20(13-17)31(28,29)23-14-19-6-4-12-30-19/h3,5,7-11,13,19,23H,4,6,12,14-15H2,1-2H3,(H,24,26). The summed E-state index contributed by atoms with van der Waals surface area (Å²) < 4.78 is 33.1. The molecule has 0 spiro atoms. The Hall–Kier alpha value is -2.75. The van der Waals surface area contributed by atoms with Crippen molar-refractivity contribution < 1.29 is 22.7 Å². The number of ether oxygens (including phenoxy) is 1. The summed E-state index contributed by atoms with van der Waals surface area (Å²) >= 11 is 0. The van der Waals surface area contributed by atoms with Crippen LogP contribution in [0.4, 0.5) is 5.69 Å². The molecule has 2 aromatic carbocycles. The van der Waals surface area contributed by atoms with Crippen molar-refractivity contribution in [2.75, 3.05) is 32.1 Å². The van der Waals surface area contributed by atoms with Gasteiger partial charge in [0.05, 0.1) is 17.5 Å². The van der Waals surface area contributed by atoms with Gasteiger partial charge >= 0.3 is 0 Å². The fourth-order valence-electron chi connectivity index (χ4n) is 3.23. The Morgan fingerprint density at radius 3 is 2.58 bits per heavy atom. The molecule has 1 atom stereocenters. The molecule has 8 nitrogen and oxygen atoms in total. The third-order valence-corrected chi connectivity index (χ3v) is 6.40. The van der Waals surface area contributed by atoms with Crippen LogP contribution in [0.2, 0.25) is 0 Å². The SMILES string of the molecule is Cc1ccc(NC(=O)CN(C)C(=O)c2cccc(S(=O)(=O)NCC3CCCO3)c2)cc1. The van der Waals surface area contributed by atoms with Gasteiger partial charge in [0.2, 0.25) is 15.9 Å². The molecule has 3 rings (SSSR count). The van der Waals surface area contributed by atoms with Crippen LogP contribution in [0.3, 0.4) is 0 Å². The Bertz CT molecular complexity index is 1030. The van der Waals surface area contributed by atoms with E-state index in [9.17, 15) is 18.0 Å². The number of carbonyl (C=O) groups is 2. The van der Waals surface area contributed by atoms with Gasteiger partial charge in [0.1, 0.15) is 0 Å². The highest BCUT2D eigenvalue weighted by atomic mass is 32.2. The monoisotopic (exact) mass is 445 g/mol. The normalized spacial score (nSPS) is 16.1. The van der Waals surface area contributed by atoms with Crippen molar-refractivity contribution in [1.82, 2.24) is 9.62 Å². The Kier molecular flexibility index (Phi) is 7.42. The first-order valence-electron chi connectivity index (χ1n) is 10.1. The first kappa shape index (κ1) is 22.9. The zero-order valence-electron chi connectivity index (χ0n) is 17.6. The van der Waals surface area contributed by atoms with Crippen LogP contribution in [0, 0.1) is 6.92 Å². The van der Waals surface area contributed by atoms with Crippen LogP contribution in [-0.2, 0) is 19.6 Å². The van der Waals surface area contributed by atoms with E-state index >= 15 is 0 Å². The Labute approximate surface area is 182 Å². The summed E-state index contributed by atoms with van der Waals surface area (Å²) in [6.45, 7) is 2.62. The molecule has 0 aromatic heterocycles. The maximum atomic E-state index is 12.7. The van der Waals surface area contributed by atoms with Gasteiger partial charge in [-0.15, -0.1) is 0 Å². The molecular formula is C22H27N3O5S.